The summed E-state index contributed by atoms with van der Waals surface area (Å²) >= 11 is 12.1. The predicted molar refractivity (Wildman–Crippen MR) is 121 cm³/mol. The van der Waals surface area contributed by atoms with Gasteiger partial charge in [-0.2, -0.15) is 13.2 Å². The zero-order valence-electron chi connectivity index (χ0n) is 18.3. The first-order chi connectivity index (χ1) is 15.8. The molecule has 0 heterocycles. The van der Waals surface area contributed by atoms with E-state index < -0.39 is 35.6 Å². The Balaban J connectivity index is 2.23. The van der Waals surface area contributed by atoms with Crippen molar-refractivity contribution >= 4 is 41.0 Å². The number of hydrogen-bond donors (Lipinski definition) is 2. The first-order valence-electron chi connectivity index (χ1n) is 10.3. The highest BCUT2D eigenvalue weighted by Crippen LogP contribution is 2.29. The minimum absolute atomic E-state index is 0.0205. The number of amides is 2. The molecule has 0 aliphatic rings. The maximum Gasteiger partial charge on any atom is 0.416 e. The Morgan fingerprint density at radius 3 is 2.21 bits per heavy atom. The molecule has 0 radical (unpaired) electrons. The SMILES string of the molecule is CC(C)C[C@H](C(=O)O)N(NC(=O)CCc1ccc(C(F)(F)F)cc1)C(=O)c1cc(Cl)ccc1Cl. The van der Waals surface area contributed by atoms with E-state index in [1.54, 1.807) is 13.8 Å². The molecule has 11 heteroatoms. The first-order valence-corrected chi connectivity index (χ1v) is 11.0. The van der Waals surface area contributed by atoms with Gasteiger partial charge in [0.05, 0.1) is 16.1 Å². The van der Waals surface area contributed by atoms with Crippen LogP contribution < -0.4 is 5.43 Å². The Morgan fingerprint density at radius 2 is 1.68 bits per heavy atom. The summed E-state index contributed by atoms with van der Waals surface area (Å²) in [6, 6.07) is 7.03. The highest BCUT2D eigenvalue weighted by Gasteiger charge is 2.34. The molecule has 0 fully saturated rings. The van der Waals surface area contributed by atoms with Gasteiger partial charge in [0.1, 0.15) is 0 Å². The minimum atomic E-state index is -4.47. The van der Waals surface area contributed by atoms with E-state index in [4.69, 9.17) is 23.2 Å². The number of carboxylic acid groups (broad SMARTS) is 1. The van der Waals surface area contributed by atoms with Gasteiger partial charge in [0.2, 0.25) is 5.91 Å². The van der Waals surface area contributed by atoms with Crippen molar-refractivity contribution in [2.45, 2.75) is 45.3 Å². The molecule has 34 heavy (non-hydrogen) atoms. The Labute approximate surface area is 204 Å². The van der Waals surface area contributed by atoms with Crippen molar-refractivity contribution in [3.63, 3.8) is 0 Å². The summed E-state index contributed by atoms with van der Waals surface area (Å²) in [5.41, 5.74) is 1.90. The van der Waals surface area contributed by atoms with Gasteiger partial charge in [0.25, 0.3) is 5.91 Å². The summed E-state index contributed by atoms with van der Waals surface area (Å²) in [7, 11) is 0. The normalized spacial score (nSPS) is 12.4. The number of hydrazine groups is 1. The second-order valence-electron chi connectivity index (χ2n) is 8.01. The smallest absolute Gasteiger partial charge is 0.416 e. The van der Waals surface area contributed by atoms with Crippen LogP contribution in [0.2, 0.25) is 10.0 Å². The van der Waals surface area contributed by atoms with Crippen molar-refractivity contribution in [2.75, 3.05) is 0 Å². The van der Waals surface area contributed by atoms with Crippen molar-refractivity contribution in [2.24, 2.45) is 5.92 Å². The number of aryl methyl sites for hydroxylation is 1. The molecule has 184 valence electrons. The van der Waals surface area contributed by atoms with E-state index in [2.05, 4.69) is 5.43 Å². The second kappa shape index (κ2) is 11.6. The maximum absolute atomic E-state index is 13.2. The number of nitrogens with one attached hydrogen (secondary N) is 1. The predicted octanol–water partition coefficient (Wildman–Crippen LogP) is 5.62. The number of carbonyl (C=O) groups is 3. The van der Waals surface area contributed by atoms with E-state index in [1.165, 1.54) is 30.3 Å². The van der Waals surface area contributed by atoms with E-state index in [0.717, 1.165) is 17.1 Å². The number of halogens is 5. The van der Waals surface area contributed by atoms with Crippen LogP contribution in [0.4, 0.5) is 13.2 Å². The van der Waals surface area contributed by atoms with Crippen LogP contribution in [0.25, 0.3) is 0 Å². The zero-order chi connectivity index (χ0) is 25.6. The fourth-order valence-corrected chi connectivity index (χ4v) is 3.50. The first kappa shape index (κ1) is 27.5. The molecular weight excluding hydrogens is 496 g/mol. The third kappa shape index (κ3) is 7.63. The molecule has 0 spiro atoms. The number of rotatable bonds is 8. The summed E-state index contributed by atoms with van der Waals surface area (Å²) in [4.78, 5) is 37.7. The molecule has 2 rings (SSSR count). The van der Waals surface area contributed by atoms with Crippen LogP contribution >= 0.6 is 23.2 Å². The third-order valence-electron chi connectivity index (χ3n) is 4.84. The zero-order valence-corrected chi connectivity index (χ0v) is 19.8. The fourth-order valence-electron chi connectivity index (χ4n) is 3.13. The maximum atomic E-state index is 13.2. The lowest BCUT2D eigenvalue weighted by molar-refractivity contribution is -0.145. The quantitative estimate of drug-likeness (QED) is 0.444. The van der Waals surface area contributed by atoms with E-state index >= 15 is 0 Å². The molecule has 0 bridgehead atoms. The number of hydrogen-bond acceptors (Lipinski definition) is 3. The lowest BCUT2D eigenvalue weighted by atomic mass is 10.0. The van der Waals surface area contributed by atoms with Crippen molar-refractivity contribution < 1.29 is 32.7 Å². The summed E-state index contributed by atoms with van der Waals surface area (Å²) in [5, 5.41) is 10.7. The average molecular weight is 519 g/mol. The lowest BCUT2D eigenvalue weighted by Gasteiger charge is -2.30. The molecule has 0 saturated heterocycles. The number of alkyl halides is 3. The van der Waals surface area contributed by atoms with Crippen LogP contribution in [0.5, 0.6) is 0 Å². The number of carbonyl (C=O) groups excluding carboxylic acids is 2. The monoisotopic (exact) mass is 518 g/mol. The van der Waals surface area contributed by atoms with Crippen molar-refractivity contribution in [3.05, 3.63) is 69.2 Å². The average Bonchev–Trinajstić information content (AvgIpc) is 2.75. The molecule has 2 aromatic carbocycles. The van der Waals surface area contributed by atoms with Gasteiger partial charge in [-0.1, -0.05) is 49.2 Å². The van der Waals surface area contributed by atoms with Crippen LogP contribution in [-0.4, -0.2) is 33.9 Å². The molecule has 2 N–H and O–H groups in total. The molecule has 0 saturated carbocycles. The number of carboxylic acids is 1. The minimum Gasteiger partial charge on any atom is -0.480 e. The molecule has 2 amide bonds. The summed E-state index contributed by atoms with van der Waals surface area (Å²) in [6.07, 6.45) is -4.56. The van der Waals surface area contributed by atoms with Gasteiger partial charge < -0.3 is 5.11 Å². The van der Waals surface area contributed by atoms with E-state index in [1.807, 2.05) is 0 Å². The van der Waals surface area contributed by atoms with Crippen molar-refractivity contribution in [3.8, 4) is 0 Å². The van der Waals surface area contributed by atoms with Gasteiger partial charge >= 0.3 is 12.1 Å². The van der Waals surface area contributed by atoms with Crippen molar-refractivity contribution in [1.29, 1.82) is 0 Å². The topological polar surface area (TPSA) is 86.7 Å². The van der Waals surface area contributed by atoms with Gasteiger partial charge in [-0.15, -0.1) is 0 Å². The van der Waals surface area contributed by atoms with E-state index in [-0.39, 0.29) is 40.8 Å². The number of aliphatic carboxylic acids is 1. The summed E-state index contributed by atoms with van der Waals surface area (Å²) in [6.45, 7) is 3.52. The van der Waals surface area contributed by atoms with Gasteiger partial charge in [-0.05, 0) is 54.7 Å². The Morgan fingerprint density at radius 1 is 1.06 bits per heavy atom. The Bertz CT molecular complexity index is 1040. The molecule has 0 aliphatic carbocycles. The second-order valence-corrected chi connectivity index (χ2v) is 8.86. The molecule has 0 aliphatic heterocycles. The molecule has 0 aromatic heterocycles. The fraction of sp³-hybridized carbons (Fsp3) is 0.348. The number of nitrogens with zero attached hydrogens (tertiary/aromatic N) is 1. The highest BCUT2D eigenvalue weighted by molar-refractivity contribution is 6.35. The number of benzene rings is 2. The van der Waals surface area contributed by atoms with Crippen LogP contribution in [0.3, 0.4) is 0 Å². The lowest BCUT2D eigenvalue weighted by Crippen LogP contribution is -2.55. The van der Waals surface area contributed by atoms with Gasteiger partial charge in [0.15, 0.2) is 6.04 Å². The van der Waals surface area contributed by atoms with E-state index in [9.17, 15) is 32.7 Å². The Kier molecular flexibility index (Phi) is 9.35. The largest absolute Gasteiger partial charge is 0.480 e. The standard InChI is InChI=1S/C23H23Cl2F3N2O4/c1-13(2)11-19(22(33)34)30(21(32)17-12-16(24)8-9-18(17)25)29-20(31)10-5-14-3-6-15(7-4-14)23(26,27)28/h3-4,6-9,12-13,19H,5,10-11H2,1-2H3,(H,29,31)(H,33,34)/t19-/m1/s1. The summed E-state index contributed by atoms with van der Waals surface area (Å²) < 4.78 is 38.1. The van der Waals surface area contributed by atoms with Gasteiger partial charge in [-0.25, -0.2) is 9.80 Å². The van der Waals surface area contributed by atoms with Gasteiger partial charge in [0, 0.05) is 11.4 Å². The van der Waals surface area contributed by atoms with Crippen LogP contribution in [0, 0.1) is 5.92 Å². The highest BCUT2D eigenvalue weighted by atomic mass is 35.5. The molecule has 1 atom stereocenters. The van der Waals surface area contributed by atoms with Crippen LogP contribution in [-0.2, 0) is 22.2 Å². The summed E-state index contributed by atoms with van der Waals surface area (Å²) in [5.74, 6) is -3.01. The molecule has 6 nitrogen and oxygen atoms in total. The third-order valence-corrected chi connectivity index (χ3v) is 5.40. The van der Waals surface area contributed by atoms with Crippen molar-refractivity contribution in [1.82, 2.24) is 10.4 Å². The molecule has 0 unspecified atom stereocenters. The van der Waals surface area contributed by atoms with E-state index in [0.29, 0.717) is 5.56 Å². The molecule has 2 aromatic rings. The van der Waals surface area contributed by atoms with Crippen LogP contribution in [0.1, 0.15) is 48.2 Å². The Hall–Kier alpha value is -2.78. The molecular formula is C23H23Cl2F3N2O4. The van der Waals surface area contributed by atoms with Crippen LogP contribution in [0.15, 0.2) is 42.5 Å². The van der Waals surface area contributed by atoms with Gasteiger partial charge in [-0.3, -0.25) is 15.0 Å².